The summed E-state index contributed by atoms with van der Waals surface area (Å²) in [5.74, 6) is -2.14. The maximum Gasteiger partial charge on any atom is 0.303 e. The first-order chi connectivity index (χ1) is 6.47. The Morgan fingerprint density at radius 1 is 1.36 bits per heavy atom. The molecule has 0 heterocycles. The van der Waals surface area contributed by atoms with Crippen LogP contribution >= 0.6 is 0 Å². The van der Waals surface area contributed by atoms with E-state index in [2.05, 4.69) is 5.32 Å². The van der Waals surface area contributed by atoms with E-state index in [0.717, 1.165) is 0 Å². The first-order valence-electron chi connectivity index (χ1n) is 4.27. The number of hydrogen-bond acceptors (Lipinski definition) is 3. The largest absolute Gasteiger partial charge is 0.481 e. The summed E-state index contributed by atoms with van der Waals surface area (Å²) in [6.45, 7) is 1.70. The minimum absolute atomic E-state index is 0.140. The molecule has 2 amide bonds. The minimum atomic E-state index is -1.05. The molecule has 0 rings (SSSR count). The topological polar surface area (TPSA) is 109 Å². The lowest BCUT2D eigenvalue weighted by molar-refractivity contribution is -0.139. The summed E-state index contributed by atoms with van der Waals surface area (Å²) >= 11 is 0. The van der Waals surface area contributed by atoms with Gasteiger partial charge in [0.1, 0.15) is 6.04 Å². The highest BCUT2D eigenvalue weighted by Gasteiger charge is 2.15. The molecule has 0 aliphatic carbocycles. The molecule has 0 aliphatic heterocycles. The van der Waals surface area contributed by atoms with Crippen LogP contribution in [0.3, 0.4) is 0 Å². The molecule has 0 aromatic carbocycles. The molecule has 0 bridgehead atoms. The molecule has 80 valence electrons. The Labute approximate surface area is 81.5 Å². The third-order valence-corrected chi connectivity index (χ3v) is 1.65. The number of nitrogens with one attached hydrogen (secondary N) is 1. The van der Waals surface area contributed by atoms with Crippen LogP contribution in [0.2, 0.25) is 0 Å². The number of carboxylic acid groups (broad SMARTS) is 1. The maximum absolute atomic E-state index is 11.0. The number of primary amides is 1. The van der Waals surface area contributed by atoms with Crippen molar-refractivity contribution < 1.29 is 19.5 Å². The van der Waals surface area contributed by atoms with E-state index in [0.29, 0.717) is 6.42 Å². The fourth-order valence-electron chi connectivity index (χ4n) is 0.861. The maximum atomic E-state index is 11.0. The fourth-order valence-corrected chi connectivity index (χ4v) is 0.861. The molecule has 0 aliphatic rings. The van der Waals surface area contributed by atoms with E-state index in [1.54, 1.807) is 6.92 Å². The van der Waals surface area contributed by atoms with Crippen molar-refractivity contribution in [2.24, 2.45) is 5.73 Å². The molecule has 0 aromatic heterocycles. The van der Waals surface area contributed by atoms with Crippen molar-refractivity contribution >= 4 is 17.8 Å². The van der Waals surface area contributed by atoms with Gasteiger partial charge in [-0.2, -0.15) is 0 Å². The van der Waals surface area contributed by atoms with Crippen LogP contribution in [0.4, 0.5) is 0 Å². The van der Waals surface area contributed by atoms with E-state index >= 15 is 0 Å². The van der Waals surface area contributed by atoms with Gasteiger partial charge in [-0.15, -0.1) is 0 Å². The highest BCUT2D eigenvalue weighted by molar-refractivity contribution is 5.87. The lowest BCUT2D eigenvalue weighted by Gasteiger charge is -2.12. The normalized spacial score (nSPS) is 11.8. The predicted octanol–water partition coefficient (Wildman–Crippen LogP) is -0.769. The zero-order chi connectivity index (χ0) is 11.1. The van der Waals surface area contributed by atoms with Crippen LogP contribution in [0.15, 0.2) is 0 Å². The van der Waals surface area contributed by atoms with Gasteiger partial charge >= 0.3 is 5.97 Å². The summed E-state index contributed by atoms with van der Waals surface area (Å²) in [5, 5.41) is 10.6. The van der Waals surface area contributed by atoms with Gasteiger partial charge in [0.05, 0.1) is 6.42 Å². The van der Waals surface area contributed by atoms with E-state index < -0.39 is 23.8 Å². The Balaban J connectivity index is 3.91. The second kappa shape index (κ2) is 5.95. The standard InChI is InChI=1S/C8H14N2O4/c1-2-5(8(9)14)10-6(11)3-4-7(12)13/h5H,2-4H2,1H3,(H2,9,14)(H,10,11)(H,12,13)/t5-/m0/s1. The van der Waals surface area contributed by atoms with Crippen LogP contribution in [-0.2, 0) is 14.4 Å². The van der Waals surface area contributed by atoms with Crippen LogP contribution in [0, 0.1) is 0 Å². The van der Waals surface area contributed by atoms with E-state index in [9.17, 15) is 14.4 Å². The van der Waals surface area contributed by atoms with Gasteiger partial charge in [0.15, 0.2) is 0 Å². The van der Waals surface area contributed by atoms with Gasteiger partial charge in [-0.1, -0.05) is 6.92 Å². The number of carbonyl (C=O) groups is 3. The number of hydrogen-bond donors (Lipinski definition) is 3. The average Bonchev–Trinajstić information content (AvgIpc) is 2.10. The number of amides is 2. The fraction of sp³-hybridized carbons (Fsp3) is 0.625. The number of carbonyl (C=O) groups excluding carboxylic acids is 2. The Hall–Kier alpha value is -1.59. The second-order valence-corrected chi connectivity index (χ2v) is 2.82. The summed E-state index contributed by atoms with van der Waals surface area (Å²) in [7, 11) is 0. The lowest BCUT2D eigenvalue weighted by Crippen LogP contribution is -2.43. The van der Waals surface area contributed by atoms with Crippen LogP contribution in [0.25, 0.3) is 0 Å². The zero-order valence-electron chi connectivity index (χ0n) is 7.95. The first-order valence-corrected chi connectivity index (χ1v) is 4.27. The van der Waals surface area contributed by atoms with Gasteiger partial charge in [0.25, 0.3) is 0 Å². The van der Waals surface area contributed by atoms with Crippen molar-refractivity contribution in [2.45, 2.75) is 32.2 Å². The van der Waals surface area contributed by atoms with E-state index in [4.69, 9.17) is 10.8 Å². The summed E-state index contributed by atoms with van der Waals surface area (Å²) < 4.78 is 0. The molecular weight excluding hydrogens is 188 g/mol. The summed E-state index contributed by atoms with van der Waals surface area (Å²) in [5.41, 5.74) is 4.98. The molecule has 6 heteroatoms. The molecular formula is C8H14N2O4. The molecule has 0 fully saturated rings. The van der Waals surface area contributed by atoms with Crippen LogP contribution in [0.5, 0.6) is 0 Å². The third kappa shape index (κ3) is 5.13. The van der Waals surface area contributed by atoms with E-state index in [-0.39, 0.29) is 12.8 Å². The molecule has 0 aromatic rings. The van der Waals surface area contributed by atoms with Gasteiger partial charge in [0, 0.05) is 6.42 Å². The Morgan fingerprint density at radius 2 is 1.93 bits per heavy atom. The summed E-state index contributed by atoms with van der Waals surface area (Å²) in [6, 6.07) is -0.712. The molecule has 0 saturated heterocycles. The molecule has 1 atom stereocenters. The van der Waals surface area contributed by atoms with Gasteiger partial charge in [-0.05, 0) is 6.42 Å². The van der Waals surface area contributed by atoms with Crippen LogP contribution in [0.1, 0.15) is 26.2 Å². The van der Waals surface area contributed by atoms with Crippen molar-refractivity contribution in [1.82, 2.24) is 5.32 Å². The van der Waals surface area contributed by atoms with Crippen molar-refractivity contribution in [1.29, 1.82) is 0 Å². The van der Waals surface area contributed by atoms with Gasteiger partial charge in [-0.3, -0.25) is 14.4 Å². The molecule has 6 nitrogen and oxygen atoms in total. The number of rotatable bonds is 6. The Morgan fingerprint density at radius 3 is 2.29 bits per heavy atom. The number of nitrogens with two attached hydrogens (primary N) is 1. The van der Waals surface area contributed by atoms with Gasteiger partial charge in [0.2, 0.25) is 11.8 Å². The SMILES string of the molecule is CC[C@H](NC(=O)CCC(=O)O)C(N)=O. The van der Waals surface area contributed by atoms with Crippen LogP contribution < -0.4 is 11.1 Å². The molecule has 0 radical (unpaired) electrons. The smallest absolute Gasteiger partial charge is 0.303 e. The second-order valence-electron chi connectivity index (χ2n) is 2.82. The van der Waals surface area contributed by atoms with Crippen molar-refractivity contribution in [3.8, 4) is 0 Å². The third-order valence-electron chi connectivity index (χ3n) is 1.65. The van der Waals surface area contributed by atoms with Crippen LogP contribution in [-0.4, -0.2) is 28.9 Å². The molecule has 14 heavy (non-hydrogen) atoms. The highest BCUT2D eigenvalue weighted by atomic mass is 16.4. The summed E-state index contributed by atoms with van der Waals surface area (Å²) in [4.78, 5) is 31.9. The van der Waals surface area contributed by atoms with E-state index in [1.807, 2.05) is 0 Å². The van der Waals surface area contributed by atoms with E-state index in [1.165, 1.54) is 0 Å². The molecule has 0 saturated carbocycles. The van der Waals surface area contributed by atoms with Gasteiger partial charge in [-0.25, -0.2) is 0 Å². The highest BCUT2D eigenvalue weighted by Crippen LogP contribution is 1.93. The average molecular weight is 202 g/mol. The number of aliphatic carboxylic acids is 1. The Bertz CT molecular complexity index is 239. The van der Waals surface area contributed by atoms with Gasteiger partial charge < -0.3 is 16.2 Å². The molecule has 4 N–H and O–H groups in total. The van der Waals surface area contributed by atoms with Crippen molar-refractivity contribution in [3.63, 3.8) is 0 Å². The minimum Gasteiger partial charge on any atom is -0.481 e. The first kappa shape index (κ1) is 12.4. The monoisotopic (exact) mass is 202 g/mol. The zero-order valence-corrected chi connectivity index (χ0v) is 7.95. The predicted molar refractivity (Wildman–Crippen MR) is 48.3 cm³/mol. The lowest BCUT2D eigenvalue weighted by atomic mass is 10.2. The van der Waals surface area contributed by atoms with Crippen molar-refractivity contribution in [2.75, 3.05) is 0 Å². The number of carboxylic acids is 1. The molecule has 0 spiro atoms. The Kier molecular flexibility index (Phi) is 5.28. The van der Waals surface area contributed by atoms with Crippen molar-refractivity contribution in [3.05, 3.63) is 0 Å². The molecule has 0 unspecified atom stereocenters. The summed E-state index contributed by atoms with van der Waals surface area (Å²) in [6.07, 6.45) is 0.00822. The quantitative estimate of drug-likeness (QED) is 0.525.